The van der Waals surface area contributed by atoms with Crippen molar-refractivity contribution in [2.45, 2.75) is 20.0 Å². The molecule has 110 valence electrons. The molecule has 0 unspecified atom stereocenters. The smallest absolute Gasteiger partial charge is 0.273 e. The van der Waals surface area contributed by atoms with Crippen molar-refractivity contribution >= 4 is 16.7 Å². The molecule has 6 heteroatoms. The molecule has 1 aliphatic heterocycles. The number of hydrogen-bond acceptors (Lipinski definition) is 4. The minimum absolute atomic E-state index is 0.0521. The number of aromatic nitrogens is 4. The number of rotatable bonds is 1. The van der Waals surface area contributed by atoms with E-state index in [1.54, 1.807) is 11.1 Å². The van der Waals surface area contributed by atoms with Gasteiger partial charge in [0.1, 0.15) is 11.5 Å². The molecular weight excluding hydrogens is 278 g/mol. The lowest BCUT2D eigenvalue weighted by atomic mass is 10.1. The molecule has 4 rings (SSSR count). The minimum atomic E-state index is -0.0521. The summed E-state index contributed by atoms with van der Waals surface area (Å²) in [7, 11) is 0. The molecule has 0 atom stereocenters. The maximum Gasteiger partial charge on any atom is 0.273 e. The molecule has 0 bridgehead atoms. The van der Waals surface area contributed by atoms with E-state index in [0.29, 0.717) is 18.8 Å². The number of aryl methyl sites for hydroxylation is 1. The average Bonchev–Trinajstić information content (AvgIpc) is 2.94. The number of amides is 1. The van der Waals surface area contributed by atoms with Gasteiger partial charge in [-0.2, -0.15) is 0 Å². The van der Waals surface area contributed by atoms with Gasteiger partial charge in [0.05, 0.1) is 6.54 Å². The quantitative estimate of drug-likeness (QED) is 0.686. The zero-order valence-electron chi connectivity index (χ0n) is 12.2. The van der Waals surface area contributed by atoms with Crippen LogP contribution in [-0.4, -0.2) is 37.1 Å². The summed E-state index contributed by atoms with van der Waals surface area (Å²) in [5.41, 5.74) is 0.503. The summed E-state index contributed by atoms with van der Waals surface area (Å²) in [5, 5.41) is 10.1. The first-order valence-corrected chi connectivity index (χ1v) is 7.26. The maximum atomic E-state index is 12.8. The molecule has 0 aliphatic carbocycles. The third-order valence-corrected chi connectivity index (χ3v) is 4.10. The van der Waals surface area contributed by atoms with Crippen molar-refractivity contribution < 1.29 is 4.79 Å². The van der Waals surface area contributed by atoms with Gasteiger partial charge in [-0.05, 0) is 18.4 Å². The lowest BCUT2D eigenvalue weighted by Crippen LogP contribution is -2.39. The molecule has 0 fully saturated rings. The number of nitrogens with zero attached hydrogens (tertiary/aromatic N) is 5. The molecule has 0 saturated heterocycles. The fourth-order valence-electron chi connectivity index (χ4n) is 2.92. The van der Waals surface area contributed by atoms with Crippen molar-refractivity contribution in [3.63, 3.8) is 0 Å². The van der Waals surface area contributed by atoms with Gasteiger partial charge in [-0.15, -0.1) is 10.2 Å². The zero-order chi connectivity index (χ0) is 15.1. The Morgan fingerprint density at radius 1 is 1.14 bits per heavy atom. The number of carbonyl (C=O) groups is 1. The lowest BCUT2D eigenvalue weighted by Gasteiger charge is -2.27. The van der Waals surface area contributed by atoms with E-state index in [1.165, 1.54) is 0 Å². The van der Waals surface area contributed by atoms with E-state index in [-0.39, 0.29) is 5.91 Å². The van der Waals surface area contributed by atoms with Gasteiger partial charge in [-0.3, -0.25) is 9.78 Å². The Kier molecular flexibility index (Phi) is 2.89. The number of fused-ring (bicyclic) bond motifs is 2. The summed E-state index contributed by atoms with van der Waals surface area (Å²) >= 11 is 0. The molecular formula is C16H15N5O. The summed E-state index contributed by atoms with van der Waals surface area (Å²) in [4.78, 5) is 18.9. The topological polar surface area (TPSA) is 63.9 Å². The van der Waals surface area contributed by atoms with Crippen LogP contribution in [0.4, 0.5) is 0 Å². The third-order valence-electron chi connectivity index (χ3n) is 4.10. The van der Waals surface area contributed by atoms with Crippen LogP contribution >= 0.6 is 0 Å². The predicted octanol–water partition coefficient (Wildman–Crippen LogP) is 1.79. The summed E-state index contributed by atoms with van der Waals surface area (Å²) in [6.45, 7) is 3.78. The van der Waals surface area contributed by atoms with Gasteiger partial charge in [0.25, 0.3) is 5.91 Å². The standard InChI is InChI=1S/C16H15N5O/c1-11-18-19-14-10-20(8-9-21(11)14)16(22)15-13-5-3-2-4-12(13)6-7-17-15/h2-7H,8-10H2,1H3. The van der Waals surface area contributed by atoms with Gasteiger partial charge in [0.2, 0.25) is 0 Å². The second kappa shape index (κ2) is 4.91. The van der Waals surface area contributed by atoms with Gasteiger partial charge in [-0.25, -0.2) is 0 Å². The van der Waals surface area contributed by atoms with Crippen LogP contribution in [-0.2, 0) is 13.1 Å². The summed E-state index contributed by atoms with van der Waals surface area (Å²) in [5.74, 6) is 1.67. The molecule has 3 aromatic rings. The molecule has 3 heterocycles. The van der Waals surface area contributed by atoms with E-state index in [2.05, 4.69) is 19.7 Å². The highest BCUT2D eigenvalue weighted by molar-refractivity contribution is 6.05. The molecule has 22 heavy (non-hydrogen) atoms. The van der Waals surface area contributed by atoms with Crippen LogP contribution in [0.25, 0.3) is 10.8 Å². The van der Waals surface area contributed by atoms with E-state index >= 15 is 0 Å². The van der Waals surface area contributed by atoms with Crippen molar-refractivity contribution in [1.29, 1.82) is 0 Å². The predicted molar refractivity (Wildman–Crippen MR) is 81.2 cm³/mol. The van der Waals surface area contributed by atoms with Crippen LogP contribution in [0, 0.1) is 6.92 Å². The van der Waals surface area contributed by atoms with Crippen molar-refractivity contribution in [3.05, 3.63) is 53.9 Å². The largest absolute Gasteiger partial charge is 0.328 e. The van der Waals surface area contributed by atoms with Crippen LogP contribution in [0.1, 0.15) is 22.1 Å². The first kappa shape index (κ1) is 12.9. The van der Waals surface area contributed by atoms with E-state index < -0.39 is 0 Å². The van der Waals surface area contributed by atoms with Gasteiger partial charge >= 0.3 is 0 Å². The highest BCUT2D eigenvalue weighted by atomic mass is 16.2. The molecule has 0 saturated carbocycles. The first-order valence-electron chi connectivity index (χ1n) is 7.26. The van der Waals surface area contributed by atoms with Crippen LogP contribution in [0.3, 0.4) is 0 Å². The Balaban J connectivity index is 1.70. The zero-order valence-corrected chi connectivity index (χ0v) is 12.2. The Bertz CT molecular complexity index is 865. The molecule has 0 spiro atoms. The highest BCUT2D eigenvalue weighted by Gasteiger charge is 2.25. The summed E-state index contributed by atoms with van der Waals surface area (Å²) in [6, 6.07) is 9.73. The Hall–Kier alpha value is -2.76. The molecule has 0 N–H and O–H groups in total. The van der Waals surface area contributed by atoms with Gasteiger partial charge < -0.3 is 9.47 Å². The molecule has 1 aromatic carbocycles. The van der Waals surface area contributed by atoms with Crippen LogP contribution in [0.5, 0.6) is 0 Å². The van der Waals surface area contributed by atoms with E-state index in [4.69, 9.17) is 0 Å². The average molecular weight is 293 g/mol. The van der Waals surface area contributed by atoms with Gasteiger partial charge in [0, 0.05) is 24.7 Å². The van der Waals surface area contributed by atoms with Gasteiger partial charge in [0.15, 0.2) is 5.82 Å². The number of pyridine rings is 1. The lowest BCUT2D eigenvalue weighted by molar-refractivity contribution is 0.0703. The molecule has 0 radical (unpaired) electrons. The number of carbonyl (C=O) groups excluding carboxylic acids is 1. The second-order valence-electron chi connectivity index (χ2n) is 5.42. The SMILES string of the molecule is Cc1nnc2n1CCN(C(=O)c1nccc3ccccc13)C2. The monoisotopic (exact) mass is 293 g/mol. The van der Waals surface area contributed by atoms with E-state index in [1.807, 2.05) is 37.3 Å². The maximum absolute atomic E-state index is 12.8. The Morgan fingerprint density at radius 2 is 2.00 bits per heavy atom. The van der Waals surface area contributed by atoms with Crippen molar-refractivity contribution in [2.24, 2.45) is 0 Å². The Labute approximate surface area is 127 Å². The summed E-state index contributed by atoms with van der Waals surface area (Å²) in [6.07, 6.45) is 1.69. The van der Waals surface area contributed by atoms with Crippen LogP contribution < -0.4 is 0 Å². The fourth-order valence-corrected chi connectivity index (χ4v) is 2.92. The van der Waals surface area contributed by atoms with Crippen molar-refractivity contribution in [1.82, 2.24) is 24.6 Å². The molecule has 1 aliphatic rings. The van der Waals surface area contributed by atoms with Gasteiger partial charge in [-0.1, -0.05) is 24.3 Å². The first-order chi connectivity index (χ1) is 10.7. The van der Waals surface area contributed by atoms with Crippen LogP contribution in [0.2, 0.25) is 0 Å². The van der Waals surface area contributed by atoms with Crippen molar-refractivity contribution in [3.8, 4) is 0 Å². The van der Waals surface area contributed by atoms with E-state index in [0.717, 1.165) is 29.0 Å². The van der Waals surface area contributed by atoms with Crippen molar-refractivity contribution in [2.75, 3.05) is 6.54 Å². The Morgan fingerprint density at radius 3 is 2.91 bits per heavy atom. The molecule has 6 nitrogen and oxygen atoms in total. The summed E-state index contributed by atoms with van der Waals surface area (Å²) < 4.78 is 2.06. The normalized spacial score (nSPS) is 14.1. The van der Waals surface area contributed by atoms with E-state index in [9.17, 15) is 4.79 Å². The molecule has 2 aromatic heterocycles. The molecule has 1 amide bonds. The third kappa shape index (κ3) is 1.95. The minimum Gasteiger partial charge on any atom is -0.328 e. The highest BCUT2D eigenvalue weighted by Crippen LogP contribution is 2.20. The number of benzene rings is 1. The second-order valence-corrected chi connectivity index (χ2v) is 5.42. The number of hydrogen-bond donors (Lipinski definition) is 0. The van der Waals surface area contributed by atoms with Crippen LogP contribution in [0.15, 0.2) is 36.5 Å². The fraction of sp³-hybridized carbons (Fsp3) is 0.250.